The fourth-order valence-electron chi connectivity index (χ4n) is 11.8. The van der Waals surface area contributed by atoms with E-state index in [0.717, 1.165) is 30.6 Å². The van der Waals surface area contributed by atoms with E-state index in [1.165, 1.54) is 64.2 Å². The molecule has 0 aliphatic heterocycles. The van der Waals surface area contributed by atoms with Crippen molar-refractivity contribution in [3.8, 4) is 0 Å². The molecule has 0 bridgehead atoms. The quantitative estimate of drug-likeness (QED) is 0.426. The molecule has 2 heteroatoms. The van der Waals surface area contributed by atoms with Gasteiger partial charge in [-0.1, -0.05) is 54.9 Å². The summed E-state index contributed by atoms with van der Waals surface area (Å²) in [6.07, 6.45) is 16.2. The molecule has 0 heterocycles. The second-order valence-electron chi connectivity index (χ2n) is 15.6. The minimum Gasteiger partial charge on any atom is -0.359 e. The number of carbonyl (C=O) groups excluding carboxylic acids is 1. The lowest BCUT2D eigenvalue weighted by molar-refractivity contribution is -0.243. The van der Waals surface area contributed by atoms with Crippen LogP contribution >= 0.6 is 0 Å². The second-order valence-corrected chi connectivity index (χ2v) is 15.6. The highest BCUT2D eigenvalue weighted by Crippen LogP contribution is 2.76. The lowest BCUT2D eigenvalue weighted by Gasteiger charge is -2.73. The summed E-state index contributed by atoms with van der Waals surface area (Å²) in [4.78, 5) is 12.9. The number of fused-ring (bicyclic) bond motifs is 7. The van der Waals surface area contributed by atoms with Gasteiger partial charge < -0.3 is 5.32 Å². The van der Waals surface area contributed by atoms with E-state index in [2.05, 4.69) is 53.8 Å². The van der Waals surface area contributed by atoms with Gasteiger partial charge >= 0.3 is 0 Å². The highest BCUT2D eigenvalue weighted by molar-refractivity contribution is 5.82. The molecular weight excluding hydrogens is 402 g/mol. The van der Waals surface area contributed by atoms with Crippen LogP contribution in [0.2, 0.25) is 0 Å². The Morgan fingerprint density at radius 2 is 1.39 bits per heavy atom. The summed E-state index contributed by atoms with van der Waals surface area (Å²) in [6, 6.07) is 0. The molecule has 5 rings (SSSR count). The molecule has 0 aromatic rings. The van der Waals surface area contributed by atoms with E-state index in [9.17, 15) is 4.79 Å². The van der Waals surface area contributed by atoms with Gasteiger partial charge in [-0.3, -0.25) is 4.79 Å². The lowest BCUT2D eigenvalue weighted by Crippen LogP contribution is -2.66. The Morgan fingerprint density at radius 1 is 0.697 bits per heavy atom. The number of hydrogen-bond donors (Lipinski definition) is 1. The van der Waals surface area contributed by atoms with Crippen molar-refractivity contribution in [2.24, 2.45) is 56.2 Å². The Kier molecular flexibility index (Phi) is 5.31. The van der Waals surface area contributed by atoms with E-state index in [1.807, 2.05) is 7.05 Å². The maximum absolute atomic E-state index is 12.9. The first-order valence-electron chi connectivity index (χ1n) is 14.5. The fourth-order valence-corrected chi connectivity index (χ4v) is 11.8. The van der Waals surface area contributed by atoms with Gasteiger partial charge in [0.25, 0.3) is 0 Å². The molecule has 1 N–H and O–H groups in total. The SMILES string of the molecule is CNC(=O)C1(C)CC[C@]2(C)CC[C@]3(C)[C@H](CC[C@@H]4[C@@]5(C)CCCC(C)(C)C5CC[C@]43C)[C@H]2C1. The molecule has 2 nitrogen and oxygen atoms in total. The zero-order valence-corrected chi connectivity index (χ0v) is 23.2. The van der Waals surface area contributed by atoms with E-state index in [4.69, 9.17) is 0 Å². The highest BCUT2D eigenvalue weighted by atomic mass is 16.2. The third kappa shape index (κ3) is 3.06. The lowest BCUT2D eigenvalue weighted by atomic mass is 9.31. The van der Waals surface area contributed by atoms with Crippen LogP contribution in [0.3, 0.4) is 0 Å². The zero-order valence-electron chi connectivity index (χ0n) is 23.2. The van der Waals surface area contributed by atoms with Crippen molar-refractivity contribution in [2.75, 3.05) is 7.05 Å². The Hall–Kier alpha value is -0.530. The number of hydrogen-bond acceptors (Lipinski definition) is 1. The van der Waals surface area contributed by atoms with Gasteiger partial charge in [-0.2, -0.15) is 0 Å². The summed E-state index contributed by atoms with van der Waals surface area (Å²) in [7, 11) is 1.84. The van der Waals surface area contributed by atoms with Gasteiger partial charge in [-0.15, -0.1) is 0 Å². The van der Waals surface area contributed by atoms with E-state index >= 15 is 0 Å². The second kappa shape index (κ2) is 7.25. The van der Waals surface area contributed by atoms with Gasteiger partial charge in [0, 0.05) is 12.5 Å². The van der Waals surface area contributed by atoms with Crippen LogP contribution in [0.4, 0.5) is 0 Å². The average molecular weight is 456 g/mol. The minimum atomic E-state index is -0.175. The van der Waals surface area contributed by atoms with E-state index in [-0.39, 0.29) is 11.3 Å². The van der Waals surface area contributed by atoms with Gasteiger partial charge in [0.2, 0.25) is 5.91 Å². The molecule has 2 unspecified atom stereocenters. The Balaban J connectivity index is 1.51. The number of carbonyl (C=O) groups is 1. The molecule has 0 aromatic carbocycles. The topological polar surface area (TPSA) is 29.1 Å². The molecule has 0 spiro atoms. The molecule has 5 fully saturated rings. The molecule has 9 atom stereocenters. The third-order valence-electron chi connectivity index (χ3n) is 14.0. The van der Waals surface area contributed by atoms with Crippen LogP contribution in [0.15, 0.2) is 0 Å². The molecule has 0 saturated heterocycles. The summed E-state index contributed by atoms with van der Waals surface area (Å²) in [5, 5.41) is 3.02. The molecule has 5 aliphatic rings. The van der Waals surface area contributed by atoms with Gasteiger partial charge in [-0.25, -0.2) is 0 Å². The third-order valence-corrected chi connectivity index (χ3v) is 14.0. The maximum Gasteiger partial charge on any atom is 0.225 e. The van der Waals surface area contributed by atoms with Crippen LogP contribution in [-0.2, 0) is 4.79 Å². The Morgan fingerprint density at radius 3 is 2.09 bits per heavy atom. The smallest absolute Gasteiger partial charge is 0.225 e. The molecule has 5 aliphatic carbocycles. The number of amides is 1. The molecule has 33 heavy (non-hydrogen) atoms. The van der Waals surface area contributed by atoms with E-state index in [0.29, 0.717) is 33.0 Å². The monoisotopic (exact) mass is 455 g/mol. The van der Waals surface area contributed by atoms with Gasteiger partial charge in [0.05, 0.1) is 0 Å². The van der Waals surface area contributed by atoms with Crippen molar-refractivity contribution in [2.45, 2.75) is 126 Å². The molecular formula is C31H53NO. The predicted octanol–water partition coefficient (Wildman–Crippen LogP) is 8.00. The van der Waals surface area contributed by atoms with Crippen LogP contribution in [0.25, 0.3) is 0 Å². The summed E-state index contributed by atoms with van der Waals surface area (Å²) >= 11 is 0. The first-order valence-corrected chi connectivity index (χ1v) is 14.5. The maximum atomic E-state index is 12.9. The van der Waals surface area contributed by atoms with Crippen LogP contribution in [0.5, 0.6) is 0 Å². The van der Waals surface area contributed by atoms with Gasteiger partial charge in [0.15, 0.2) is 0 Å². The van der Waals surface area contributed by atoms with E-state index < -0.39 is 0 Å². The first-order chi connectivity index (χ1) is 15.3. The molecule has 0 aromatic heterocycles. The summed E-state index contributed by atoms with van der Waals surface area (Å²) in [6.45, 7) is 18.2. The summed E-state index contributed by atoms with van der Waals surface area (Å²) < 4.78 is 0. The molecule has 5 saturated carbocycles. The van der Waals surface area contributed by atoms with Crippen molar-refractivity contribution in [1.29, 1.82) is 0 Å². The summed E-state index contributed by atoms with van der Waals surface area (Å²) in [5.74, 6) is 3.56. The Labute approximate surface area is 204 Å². The number of rotatable bonds is 1. The largest absolute Gasteiger partial charge is 0.359 e. The van der Waals surface area contributed by atoms with Gasteiger partial charge in [-0.05, 0) is 121 Å². The predicted molar refractivity (Wildman–Crippen MR) is 138 cm³/mol. The summed E-state index contributed by atoms with van der Waals surface area (Å²) in [5.41, 5.74) is 2.18. The van der Waals surface area contributed by atoms with Crippen LogP contribution in [-0.4, -0.2) is 13.0 Å². The van der Waals surface area contributed by atoms with E-state index in [1.54, 1.807) is 0 Å². The highest BCUT2D eigenvalue weighted by Gasteiger charge is 2.69. The van der Waals surface area contributed by atoms with Crippen LogP contribution in [0, 0.1) is 56.2 Å². The van der Waals surface area contributed by atoms with Gasteiger partial charge in [0.1, 0.15) is 0 Å². The fraction of sp³-hybridized carbons (Fsp3) is 0.968. The average Bonchev–Trinajstić information content (AvgIpc) is 2.74. The Bertz CT molecular complexity index is 818. The standard InChI is InChI=1S/C31H53NO/c1-26(2)13-9-14-29(5)23(26)12-15-31(7)24(29)11-10-21-22-20-28(4,25(33)32-8)17-16-27(22,3)18-19-30(21,31)6/h21-24H,9-20H2,1-8H3,(H,32,33)/t21-,22-,23?,24-,27-,28?,29+,30-,31-/m1/s1. The molecule has 1 amide bonds. The number of nitrogens with one attached hydrogen (secondary N) is 1. The van der Waals surface area contributed by atoms with Crippen molar-refractivity contribution in [3.63, 3.8) is 0 Å². The van der Waals surface area contributed by atoms with Crippen LogP contribution < -0.4 is 5.32 Å². The molecule has 188 valence electrons. The normalized spacial score (nSPS) is 55.4. The first kappa shape index (κ1) is 24.2. The van der Waals surface area contributed by atoms with Crippen molar-refractivity contribution in [1.82, 2.24) is 5.32 Å². The van der Waals surface area contributed by atoms with Crippen LogP contribution in [0.1, 0.15) is 126 Å². The van der Waals surface area contributed by atoms with Crippen molar-refractivity contribution >= 4 is 5.91 Å². The van der Waals surface area contributed by atoms with Crippen molar-refractivity contribution in [3.05, 3.63) is 0 Å². The van der Waals surface area contributed by atoms with Crippen molar-refractivity contribution < 1.29 is 4.79 Å². The minimum absolute atomic E-state index is 0.175. The zero-order chi connectivity index (χ0) is 24.1. The molecule has 0 radical (unpaired) electrons.